The predicted octanol–water partition coefficient (Wildman–Crippen LogP) is 2.95. The normalized spacial score (nSPS) is 17.3. The number of nitrogens with one attached hydrogen (secondary N) is 1. The number of hydrogen-bond acceptors (Lipinski definition) is 4. The molecule has 2 aromatic rings. The van der Waals surface area contributed by atoms with E-state index in [1.807, 2.05) is 6.92 Å². The summed E-state index contributed by atoms with van der Waals surface area (Å²) >= 11 is 0. The fraction of sp³-hybridized carbons (Fsp3) is 0.421. The number of nitrogens with zero attached hydrogens (tertiary/aromatic N) is 3. The molecule has 0 bridgehead atoms. The summed E-state index contributed by atoms with van der Waals surface area (Å²) in [6.45, 7) is 7.40. The van der Waals surface area contributed by atoms with Gasteiger partial charge in [0.15, 0.2) is 0 Å². The second kappa shape index (κ2) is 7.02. The number of imidazole rings is 1. The first kappa shape index (κ1) is 18.9. The number of hydrogen-bond donors (Lipinski definition) is 1. The van der Waals surface area contributed by atoms with E-state index < -0.39 is 23.6 Å². The van der Waals surface area contributed by atoms with Crippen molar-refractivity contribution in [3.8, 4) is 5.69 Å². The highest BCUT2D eigenvalue weighted by atomic mass is 19.1. The van der Waals surface area contributed by atoms with Crippen LogP contribution in [-0.2, 0) is 9.53 Å². The van der Waals surface area contributed by atoms with Crippen LogP contribution in [0.1, 0.15) is 32.9 Å². The van der Waals surface area contributed by atoms with Crippen molar-refractivity contribution in [1.29, 1.82) is 0 Å². The first-order valence-electron chi connectivity index (χ1n) is 8.75. The van der Waals surface area contributed by atoms with Crippen molar-refractivity contribution in [3.05, 3.63) is 42.2 Å². The minimum absolute atomic E-state index is 0.189. The molecule has 1 fully saturated rings. The zero-order chi connectivity index (χ0) is 19.8. The highest BCUT2D eigenvalue weighted by Gasteiger charge is 2.35. The second-order valence-corrected chi connectivity index (χ2v) is 7.54. The Hall–Kier alpha value is -2.90. The van der Waals surface area contributed by atoms with Crippen molar-refractivity contribution in [2.24, 2.45) is 0 Å². The summed E-state index contributed by atoms with van der Waals surface area (Å²) in [5.74, 6) is -0.865. The van der Waals surface area contributed by atoms with Gasteiger partial charge in [-0.1, -0.05) is 0 Å². The van der Waals surface area contributed by atoms with Crippen molar-refractivity contribution in [2.75, 3.05) is 11.4 Å². The van der Waals surface area contributed by atoms with Gasteiger partial charge in [-0.05, 0) is 46.2 Å². The Balaban J connectivity index is 1.72. The first-order valence-corrected chi connectivity index (χ1v) is 8.75. The molecule has 27 heavy (non-hydrogen) atoms. The molecule has 2 amide bonds. The number of carbonyl (C=O) groups is 2. The van der Waals surface area contributed by atoms with E-state index in [0.717, 1.165) is 5.69 Å². The van der Waals surface area contributed by atoms with Crippen LogP contribution in [0.25, 0.3) is 5.69 Å². The average molecular weight is 374 g/mol. The van der Waals surface area contributed by atoms with Crippen LogP contribution in [0.5, 0.6) is 0 Å². The van der Waals surface area contributed by atoms with Crippen molar-refractivity contribution in [1.82, 2.24) is 14.9 Å². The third kappa shape index (κ3) is 4.27. The Kier molecular flexibility index (Phi) is 4.91. The molecule has 0 aliphatic carbocycles. The predicted molar refractivity (Wildman–Crippen MR) is 98.4 cm³/mol. The quantitative estimate of drug-likeness (QED) is 0.896. The standard InChI is InChI=1S/C19H23FN4O3/c1-12-10-23(11-21-12)13-5-6-16(14(20)9-13)24-8-7-15(17(24)25)22-18(26)27-19(2,3)4/h5-6,9-11,15H,7-8H2,1-4H3,(H,22,26)/t15-/m0/s1. The number of benzene rings is 1. The Morgan fingerprint density at radius 1 is 1.37 bits per heavy atom. The zero-order valence-corrected chi connectivity index (χ0v) is 15.8. The van der Waals surface area contributed by atoms with Gasteiger partial charge in [-0.3, -0.25) is 4.79 Å². The summed E-state index contributed by atoms with van der Waals surface area (Å²) in [7, 11) is 0. The van der Waals surface area contributed by atoms with Crippen LogP contribution in [-0.4, -0.2) is 39.7 Å². The summed E-state index contributed by atoms with van der Waals surface area (Å²) in [4.78, 5) is 29.9. The van der Waals surface area contributed by atoms with E-state index in [0.29, 0.717) is 18.7 Å². The topological polar surface area (TPSA) is 76.5 Å². The van der Waals surface area contributed by atoms with E-state index in [1.54, 1.807) is 50.0 Å². The molecule has 1 saturated heterocycles. The Bertz CT molecular complexity index is 872. The van der Waals surface area contributed by atoms with E-state index in [4.69, 9.17) is 4.74 Å². The summed E-state index contributed by atoms with van der Waals surface area (Å²) in [5.41, 5.74) is 0.977. The average Bonchev–Trinajstić information content (AvgIpc) is 3.13. The lowest BCUT2D eigenvalue weighted by atomic mass is 10.2. The van der Waals surface area contributed by atoms with E-state index in [2.05, 4.69) is 10.3 Å². The molecule has 3 rings (SSSR count). The molecule has 1 aliphatic rings. The molecule has 0 saturated carbocycles. The lowest BCUT2D eigenvalue weighted by Crippen LogP contribution is -2.43. The molecule has 1 atom stereocenters. The molecule has 1 aromatic heterocycles. The van der Waals surface area contributed by atoms with E-state index in [1.165, 1.54) is 11.0 Å². The first-order chi connectivity index (χ1) is 12.6. The van der Waals surface area contributed by atoms with Crippen LogP contribution < -0.4 is 10.2 Å². The zero-order valence-electron chi connectivity index (χ0n) is 15.8. The van der Waals surface area contributed by atoms with E-state index >= 15 is 0 Å². The van der Waals surface area contributed by atoms with Gasteiger partial charge in [0.25, 0.3) is 0 Å². The lowest BCUT2D eigenvalue weighted by molar-refractivity contribution is -0.118. The number of halogens is 1. The highest BCUT2D eigenvalue weighted by Crippen LogP contribution is 2.27. The third-order valence-electron chi connectivity index (χ3n) is 4.13. The minimum Gasteiger partial charge on any atom is -0.444 e. The van der Waals surface area contributed by atoms with Gasteiger partial charge in [0, 0.05) is 24.5 Å². The van der Waals surface area contributed by atoms with Crippen LogP contribution in [0, 0.1) is 12.7 Å². The molecule has 7 nitrogen and oxygen atoms in total. The maximum atomic E-state index is 14.6. The molecule has 1 N–H and O–H groups in total. The van der Waals surface area contributed by atoms with Crippen molar-refractivity contribution in [2.45, 2.75) is 45.8 Å². The second-order valence-electron chi connectivity index (χ2n) is 7.54. The smallest absolute Gasteiger partial charge is 0.408 e. The number of carbonyl (C=O) groups excluding carboxylic acids is 2. The van der Waals surface area contributed by atoms with Crippen LogP contribution in [0.15, 0.2) is 30.7 Å². The van der Waals surface area contributed by atoms with Crippen LogP contribution >= 0.6 is 0 Å². The Morgan fingerprint density at radius 3 is 2.70 bits per heavy atom. The molecule has 1 aromatic carbocycles. The van der Waals surface area contributed by atoms with Gasteiger partial charge in [0.2, 0.25) is 5.91 Å². The monoisotopic (exact) mass is 374 g/mol. The molecule has 8 heteroatoms. The minimum atomic E-state index is -0.727. The number of amides is 2. The van der Waals surface area contributed by atoms with Gasteiger partial charge in [0.05, 0.1) is 17.7 Å². The molecule has 144 valence electrons. The lowest BCUT2D eigenvalue weighted by Gasteiger charge is -2.22. The number of aromatic nitrogens is 2. The van der Waals surface area contributed by atoms with Gasteiger partial charge in [-0.2, -0.15) is 0 Å². The molecule has 2 heterocycles. The third-order valence-corrected chi connectivity index (χ3v) is 4.13. The molecule has 0 radical (unpaired) electrons. The summed E-state index contributed by atoms with van der Waals surface area (Å²) in [6, 6.07) is 3.92. The summed E-state index contributed by atoms with van der Waals surface area (Å²) < 4.78 is 21.5. The Labute approximate surface area is 157 Å². The summed E-state index contributed by atoms with van der Waals surface area (Å²) in [6.07, 6.45) is 3.12. The molecule has 0 spiro atoms. The van der Waals surface area contributed by atoms with Crippen molar-refractivity contribution >= 4 is 17.7 Å². The van der Waals surface area contributed by atoms with Gasteiger partial charge >= 0.3 is 6.09 Å². The van der Waals surface area contributed by atoms with Gasteiger partial charge in [0.1, 0.15) is 17.5 Å². The van der Waals surface area contributed by atoms with Gasteiger partial charge in [-0.25, -0.2) is 14.2 Å². The largest absolute Gasteiger partial charge is 0.444 e. The fourth-order valence-electron chi connectivity index (χ4n) is 2.94. The highest BCUT2D eigenvalue weighted by molar-refractivity contribution is 6.01. The van der Waals surface area contributed by atoms with Crippen LogP contribution in [0.4, 0.5) is 14.9 Å². The SMILES string of the molecule is Cc1cn(-c2ccc(N3CC[C@H](NC(=O)OC(C)(C)C)C3=O)c(F)c2)cn1. The maximum absolute atomic E-state index is 14.6. The number of rotatable bonds is 3. The van der Waals surface area contributed by atoms with E-state index in [9.17, 15) is 14.0 Å². The van der Waals surface area contributed by atoms with E-state index in [-0.39, 0.29) is 11.6 Å². The van der Waals surface area contributed by atoms with Crippen LogP contribution in [0.2, 0.25) is 0 Å². The molecule has 1 aliphatic heterocycles. The molecular formula is C19H23FN4O3. The fourth-order valence-corrected chi connectivity index (χ4v) is 2.94. The van der Waals surface area contributed by atoms with Crippen molar-refractivity contribution < 1.29 is 18.7 Å². The van der Waals surface area contributed by atoms with Crippen molar-refractivity contribution in [3.63, 3.8) is 0 Å². The van der Waals surface area contributed by atoms with Crippen LogP contribution in [0.3, 0.4) is 0 Å². The Morgan fingerprint density at radius 2 is 2.11 bits per heavy atom. The number of alkyl carbamates (subject to hydrolysis) is 1. The number of aryl methyl sites for hydroxylation is 1. The maximum Gasteiger partial charge on any atom is 0.408 e. The number of ether oxygens (including phenoxy) is 1. The molecule has 0 unspecified atom stereocenters. The molecular weight excluding hydrogens is 351 g/mol. The van der Waals surface area contributed by atoms with Gasteiger partial charge < -0.3 is 19.5 Å². The number of anilines is 1. The summed E-state index contributed by atoms with van der Waals surface area (Å²) in [5, 5.41) is 2.56. The van der Waals surface area contributed by atoms with Gasteiger partial charge in [-0.15, -0.1) is 0 Å².